The van der Waals surface area contributed by atoms with Crippen LogP contribution in [0.2, 0.25) is 0 Å². The van der Waals surface area contributed by atoms with Crippen LogP contribution < -0.4 is 10.5 Å². The molecule has 5 heteroatoms. The van der Waals surface area contributed by atoms with Crippen LogP contribution >= 0.6 is 15.9 Å². The molecule has 0 aliphatic heterocycles. The van der Waals surface area contributed by atoms with E-state index in [0.29, 0.717) is 17.9 Å². The number of rotatable bonds is 5. The molecule has 0 saturated carbocycles. The van der Waals surface area contributed by atoms with E-state index in [1.54, 1.807) is 18.2 Å². The van der Waals surface area contributed by atoms with Crippen LogP contribution in [-0.4, -0.2) is 19.2 Å². The lowest BCUT2D eigenvalue weighted by Crippen LogP contribution is -2.13. The van der Waals surface area contributed by atoms with Crippen molar-refractivity contribution in [3.63, 3.8) is 0 Å². The first-order valence-electron chi connectivity index (χ1n) is 6.48. The quantitative estimate of drug-likeness (QED) is 0.509. The Bertz CT molecular complexity index is 626. The van der Waals surface area contributed by atoms with Gasteiger partial charge >= 0.3 is 5.97 Å². The van der Waals surface area contributed by atoms with Gasteiger partial charge in [-0.15, -0.1) is 0 Å². The number of aryl methyl sites for hydroxylation is 1. The topological polar surface area (TPSA) is 61.6 Å². The number of esters is 1. The summed E-state index contributed by atoms with van der Waals surface area (Å²) in [5.41, 5.74) is 7.53. The van der Waals surface area contributed by atoms with Crippen LogP contribution in [-0.2, 0) is 4.74 Å². The maximum Gasteiger partial charge on any atom is 0.338 e. The van der Waals surface area contributed by atoms with Gasteiger partial charge in [0, 0.05) is 10.2 Å². The Morgan fingerprint density at radius 3 is 2.57 bits per heavy atom. The lowest BCUT2D eigenvalue weighted by Gasteiger charge is -2.09. The van der Waals surface area contributed by atoms with Crippen molar-refractivity contribution in [3.8, 4) is 5.75 Å². The van der Waals surface area contributed by atoms with E-state index in [2.05, 4.69) is 15.9 Å². The van der Waals surface area contributed by atoms with Crippen molar-refractivity contribution in [1.29, 1.82) is 0 Å². The second kappa shape index (κ2) is 7.13. The van der Waals surface area contributed by atoms with Crippen molar-refractivity contribution in [2.45, 2.75) is 6.92 Å². The van der Waals surface area contributed by atoms with Gasteiger partial charge in [0.05, 0.1) is 5.56 Å². The second-order valence-electron chi connectivity index (χ2n) is 4.51. The van der Waals surface area contributed by atoms with Crippen LogP contribution in [0.3, 0.4) is 0 Å². The number of nitrogens with two attached hydrogens (primary N) is 1. The van der Waals surface area contributed by atoms with Crippen LogP contribution in [0.15, 0.2) is 46.9 Å². The molecule has 2 aromatic rings. The predicted molar refractivity (Wildman–Crippen MR) is 85.5 cm³/mol. The molecular weight excluding hydrogens is 334 g/mol. The van der Waals surface area contributed by atoms with Crippen molar-refractivity contribution < 1.29 is 14.3 Å². The second-order valence-corrected chi connectivity index (χ2v) is 5.43. The molecule has 0 aromatic heterocycles. The number of hydrogen-bond acceptors (Lipinski definition) is 4. The lowest BCUT2D eigenvalue weighted by molar-refractivity contribution is 0.0449. The fourth-order valence-electron chi connectivity index (χ4n) is 1.76. The van der Waals surface area contributed by atoms with E-state index >= 15 is 0 Å². The minimum Gasteiger partial charge on any atom is -0.490 e. The average Bonchev–Trinajstić information content (AvgIpc) is 2.47. The average molecular weight is 350 g/mol. The van der Waals surface area contributed by atoms with E-state index in [1.807, 2.05) is 31.2 Å². The van der Waals surface area contributed by atoms with Crippen LogP contribution in [0.25, 0.3) is 0 Å². The molecule has 0 unspecified atom stereocenters. The van der Waals surface area contributed by atoms with Gasteiger partial charge in [-0.25, -0.2) is 4.79 Å². The van der Waals surface area contributed by atoms with Crippen molar-refractivity contribution in [3.05, 3.63) is 58.1 Å². The van der Waals surface area contributed by atoms with Crippen LogP contribution in [0.4, 0.5) is 5.69 Å². The number of anilines is 1. The van der Waals surface area contributed by atoms with E-state index in [9.17, 15) is 4.79 Å². The van der Waals surface area contributed by atoms with E-state index in [0.717, 1.165) is 15.8 Å². The number of carbonyl (C=O) groups excluding carboxylic acids is 1. The zero-order valence-corrected chi connectivity index (χ0v) is 13.2. The summed E-state index contributed by atoms with van der Waals surface area (Å²) >= 11 is 3.35. The van der Waals surface area contributed by atoms with Gasteiger partial charge in [-0.1, -0.05) is 22.0 Å². The maximum absolute atomic E-state index is 11.9. The fraction of sp³-hybridized carbons (Fsp3) is 0.188. The minimum absolute atomic E-state index is 0.184. The molecule has 0 fully saturated rings. The number of benzene rings is 2. The standard InChI is InChI=1S/C16H16BrNO3/c1-11-2-5-13(18)10-15(11)16(19)21-9-8-20-14-6-3-12(17)4-7-14/h2-7,10H,8-9,18H2,1H3. The highest BCUT2D eigenvalue weighted by molar-refractivity contribution is 9.10. The zero-order valence-electron chi connectivity index (χ0n) is 11.6. The molecule has 0 bridgehead atoms. The summed E-state index contributed by atoms with van der Waals surface area (Å²) in [5.74, 6) is 0.341. The third-order valence-electron chi connectivity index (χ3n) is 2.88. The Labute approximate surface area is 132 Å². The summed E-state index contributed by atoms with van der Waals surface area (Å²) in [6.45, 7) is 2.33. The summed E-state index contributed by atoms with van der Waals surface area (Å²) in [4.78, 5) is 11.9. The van der Waals surface area contributed by atoms with E-state index in [-0.39, 0.29) is 12.6 Å². The first-order chi connectivity index (χ1) is 10.1. The van der Waals surface area contributed by atoms with Crippen LogP contribution in [0.5, 0.6) is 5.75 Å². The SMILES string of the molecule is Cc1ccc(N)cc1C(=O)OCCOc1ccc(Br)cc1. The van der Waals surface area contributed by atoms with Gasteiger partial charge in [-0.3, -0.25) is 0 Å². The Hall–Kier alpha value is -2.01. The fourth-order valence-corrected chi connectivity index (χ4v) is 2.03. The highest BCUT2D eigenvalue weighted by Gasteiger charge is 2.10. The third kappa shape index (κ3) is 4.49. The Balaban J connectivity index is 1.81. The molecule has 2 aromatic carbocycles. The van der Waals surface area contributed by atoms with Gasteiger partial charge in [-0.2, -0.15) is 0 Å². The third-order valence-corrected chi connectivity index (χ3v) is 3.41. The highest BCUT2D eigenvalue weighted by atomic mass is 79.9. The van der Waals surface area contributed by atoms with Gasteiger partial charge < -0.3 is 15.2 Å². The monoisotopic (exact) mass is 349 g/mol. The first kappa shape index (κ1) is 15.4. The molecule has 0 radical (unpaired) electrons. The summed E-state index contributed by atoms with van der Waals surface area (Å²) in [6.07, 6.45) is 0. The molecule has 0 heterocycles. The molecule has 4 nitrogen and oxygen atoms in total. The first-order valence-corrected chi connectivity index (χ1v) is 7.27. The highest BCUT2D eigenvalue weighted by Crippen LogP contribution is 2.16. The predicted octanol–water partition coefficient (Wildman–Crippen LogP) is 3.58. The van der Waals surface area contributed by atoms with Crippen LogP contribution in [0, 0.1) is 6.92 Å². The molecule has 0 aliphatic rings. The Morgan fingerprint density at radius 2 is 1.86 bits per heavy atom. The molecule has 110 valence electrons. The van der Waals surface area contributed by atoms with Crippen molar-refractivity contribution in [2.75, 3.05) is 18.9 Å². The van der Waals surface area contributed by atoms with Crippen molar-refractivity contribution >= 4 is 27.6 Å². The van der Waals surface area contributed by atoms with Gasteiger partial charge in [0.25, 0.3) is 0 Å². The van der Waals surface area contributed by atoms with E-state index < -0.39 is 0 Å². The Kier molecular flexibility index (Phi) is 5.22. The van der Waals surface area contributed by atoms with Crippen molar-refractivity contribution in [1.82, 2.24) is 0 Å². The van der Waals surface area contributed by atoms with E-state index in [4.69, 9.17) is 15.2 Å². The summed E-state index contributed by atoms with van der Waals surface area (Å²) in [6, 6.07) is 12.6. The number of nitrogen functional groups attached to an aromatic ring is 1. The van der Waals surface area contributed by atoms with Gasteiger partial charge in [0.15, 0.2) is 0 Å². The van der Waals surface area contributed by atoms with Crippen LogP contribution in [0.1, 0.15) is 15.9 Å². The molecule has 0 amide bonds. The minimum atomic E-state index is -0.390. The van der Waals surface area contributed by atoms with Crippen molar-refractivity contribution in [2.24, 2.45) is 0 Å². The molecule has 0 saturated heterocycles. The molecule has 0 atom stereocenters. The maximum atomic E-state index is 11.9. The summed E-state index contributed by atoms with van der Waals surface area (Å²) in [5, 5.41) is 0. The molecular formula is C16H16BrNO3. The van der Waals surface area contributed by atoms with Gasteiger partial charge in [-0.05, 0) is 48.9 Å². The molecule has 21 heavy (non-hydrogen) atoms. The van der Waals surface area contributed by atoms with Gasteiger partial charge in [0.2, 0.25) is 0 Å². The smallest absolute Gasteiger partial charge is 0.338 e. The summed E-state index contributed by atoms with van der Waals surface area (Å²) in [7, 11) is 0. The number of halogens is 1. The molecule has 0 spiro atoms. The lowest BCUT2D eigenvalue weighted by atomic mass is 10.1. The number of hydrogen-bond donors (Lipinski definition) is 1. The number of carbonyl (C=O) groups is 1. The normalized spacial score (nSPS) is 10.2. The Morgan fingerprint density at radius 1 is 1.14 bits per heavy atom. The molecule has 0 aliphatic carbocycles. The largest absolute Gasteiger partial charge is 0.490 e. The zero-order chi connectivity index (χ0) is 15.2. The van der Waals surface area contributed by atoms with E-state index in [1.165, 1.54) is 0 Å². The molecule has 2 N–H and O–H groups in total. The number of ether oxygens (including phenoxy) is 2. The van der Waals surface area contributed by atoms with Gasteiger partial charge in [0.1, 0.15) is 19.0 Å². The summed E-state index contributed by atoms with van der Waals surface area (Å²) < 4.78 is 11.6. The molecule has 2 rings (SSSR count).